The van der Waals surface area contributed by atoms with Crippen molar-refractivity contribution in [2.75, 3.05) is 0 Å². The number of nitrogens with zero attached hydrogens (tertiary/aromatic N) is 4. The Morgan fingerprint density at radius 3 is 2.50 bits per heavy atom. The SMILES string of the molecule is Cc1nn(C)c(COc2ccc(C(F)(F)F)cc2)c1-c1nc(-c2cccc(S(N)(=O)=O)c2)no1. The van der Waals surface area contributed by atoms with E-state index in [1.54, 1.807) is 24.7 Å². The van der Waals surface area contributed by atoms with E-state index in [-0.39, 0.29) is 29.0 Å². The second-order valence-electron chi connectivity index (χ2n) is 7.34. The van der Waals surface area contributed by atoms with Crippen LogP contribution in [0.3, 0.4) is 0 Å². The first-order valence-corrected chi connectivity index (χ1v) is 11.3. The van der Waals surface area contributed by atoms with Gasteiger partial charge in [0, 0.05) is 12.6 Å². The predicted molar refractivity (Wildman–Crippen MR) is 114 cm³/mol. The lowest BCUT2D eigenvalue weighted by Gasteiger charge is -2.10. The van der Waals surface area contributed by atoms with Gasteiger partial charge in [-0.05, 0) is 43.3 Å². The molecule has 0 aliphatic heterocycles. The number of rotatable bonds is 6. The van der Waals surface area contributed by atoms with Crippen LogP contribution in [0.25, 0.3) is 22.8 Å². The average molecular weight is 493 g/mol. The van der Waals surface area contributed by atoms with Crippen molar-refractivity contribution >= 4 is 10.0 Å². The summed E-state index contributed by atoms with van der Waals surface area (Å²) in [5, 5.41) is 13.4. The molecule has 0 amide bonds. The smallest absolute Gasteiger partial charge is 0.416 e. The number of primary sulfonamides is 1. The molecule has 0 saturated carbocycles. The Kier molecular flexibility index (Phi) is 5.91. The summed E-state index contributed by atoms with van der Waals surface area (Å²) in [4.78, 5) is 4.26. The van der Waals surface area contributed by atoms with E-state index in [1.807, 2.05) is 0 Å². The first-order chi connectivity index (χ1) is 15.9. The van der Waals surface area contributed by atoms with Crippen molar-refractivity contribution in [3.63, 3.8) is 0 Å². The number of hydrogen-bond acceptors (Lipinski definition) is 7. The van der Waals surface area contributed by atoms with Crippen molar-refractivity contribution in [3.8, 4) is 28.6 Å². The van der Waals surface area contributed by atoms with E-state index in [9.17, 15) is 21.6 Å². The van der Waals surface area contributed by atoms with Gasteiger partial charge < -0.3 is 9.26 Å². The fraction of sp³-hybridized carbons (Fsp3) is 0.190. The fourth-order valence-corrected chi connectivity index (χ4v) is 3.86. The highest BCUT2D eigenvalue weighted by atomic mass is 32.2. The number of halogens is 3. The van der Waals surface area contributed by atoms with Gasteiger partial charge in [-0.25, -0.2) is 13.6 Å². The highest BCUT2D eigenvalue weighted by molar-refractivity contribution is 7.89. The molecule has 2 aromatic heterocycles. The highest BCUT2D eigenvalue weighted by Crippen LogP contribution is 2.32. The summed E-state index contributed by atoms with van der Waals surface area (Å²) < 4.78 is 74.1. The number of aromatic nitrogens is 4. The summed E-state index contributed by atoms with van der Waals surface area (Å²) in [6.07, 6.45) is -4.44. The van der Waals surface area contributed by atoms with Crippen LogP contribution in [0, 0.1) is 6.92 Å². The number of nitrogens with two attached hydrogens (primary N) is 1. The van der Waals surface area contributed by atoms with Crippen LogP contribution in [0.5, 0.6) is 5.75 Å². The van der Waals surface area contributed by atoms with Gasteiger partial charge in [0.2, 0.25) is 15.8 Å². The van der Waals surface area contributed by atoms with Gasteiger partial charge in [0.1, 0.15) is 12.4 Å². The van der Waals surface area contributed by atoms with Gasteiger partial charge in [-0.2, -0.15) is 23.3 Å². The Bertz CT molecular complexity index is 1440. The van der Waals surface area contributed by atoms with E-state index >= 15 is 0 Å². The number of aryl methyl sites for hydroxylation is 2. The van der Waals surface area contributed by atoms with Crippen molar-refractivity contribution < 1.29 is 30.8 Å². The molecule has 0 radical (unpaired) electrons. The maximum atomic E-state index is 12.8. The quantitative estimate of drug-likeness (QED) is 0.434. The van der Waals surface area contributed by atoms with Crippen molar-refractivity contribution in [1.82, 2.24) is 19.9 Å². The minimum Gasteiger partial charge on any atom is -0.487 e. The van der Waals surface area contributed by atoms with Gasteiger partial charge in [0.05, 0.1) is 27.4 Å². The average Bonchev–Trinajstić information content (AvgIpc) is 3.35. The van der Waals surface area contributed by atoms with Crippen LogP contribution in [-0.4, -0.2) is 28.3 Å². The highest BCUT2D eigenvalue weighted by Gasteiger charge is 2.30. The molecule has 0 aliphatic carbocycles. The van der Waals surface area contributed by atoms with E-state index < -0.39 is 21.8 Å². The molecule has 0 bridgehead atoms. The summed E-state index contributed by atoms with van der Waals surface area (Å²) in [5.74, 6) is 0.495. The van der Waals surface area contributed by atoms with Crippen molar-refractivity contribution in [3.05, 3.63) is 65.5 Å². The van der Waals surface area contributed by atoms with Crippen LogP contribution >= 0.6 is 0 Å². The molecule has 2 N–H and O–H groups in total. The minimum atomic E-state index is -4.44. The Balaban J connectivity index is 1.61. The summed E-state index contributed by atoms with van der Waals surface area (Å²) in [7, 11) is -2.24. The van der Waals surface area contributed by atoms with Crippen LogP contribution in [0.1, 0.15) is 17.0 Å². The van der Waals surface area contributed by atoms with Gasteiger partial charge in [0.15, 0.2) is 0 Å². The molecule has 0 fully saturated rings. The van der Waals surface area contributed by atoms with Gasteiger partial charge in [-0.15, -0.1) is 0 Å². The molecule has 2 heterocycles. The lowest BCUT2D eigenvalue weighted by Crippen LogP contribution is -2.11. The third-order valence-electron chi connectivity index (χ3n) is 4.96. The molecule has 9 nitrogen and oxygen atoms in total. The minimum absolute atomic E-state index is 0.0311. The molecule has 0 saturated heterocycles. The molecule has 0 aliphatic rings. The fourth-order valence-electron chi connectivity index (χ4n) is 3.30. The Morgan fingerprint density at radius 1 is 1.15 bits per heavy atom. The van der Waals surface area contributed by atoms with E-state index in [0.717, 1.165) is 12.1 Å². The summed E-state index contributed by atoms with van der Waals surface area (Å²) in [5.41, 5.74) is 1.20. The van der Waals surface area contributed by atoms with Crippen molar-refractivity contribution in [2.24, 2.45) is 12.2 Å². The molecule has 0 unspecified atom stereocenters. The van der Waals surface area contributed by atoms with Gasteiger partial charge in [0.25, 0.3) is 5.89 Å². The first-order valence-electron chi connectivity index (χ1n) is 9.73. The van der Waals surface area contributed by atoms with Crippen LogP contribution in [0.4, 0.5) is 13.2 Å². The summed E-state index contributed by atoms with van der Waals surface area (Å²) in [6.45, 7) is 1.69. The number of benzene rings is 2. The largest absolute Gasteiger partial charge is 0.487 e. The maximum absolute atomic E-state index is 12.8. The Morgan fingerprint density at radius 2 is 1.85 bits per heavy atom. The number of sulfonamides is 1. The normalized spacial score (nSPS) is 12.2. The maximum Gasteiger partial charge on any atom is 0.416 e. The second kappa shape index (κ2) is 8.57. The molecule has 0 atom stereocenters. The zero-order chi connectivity index (χ0) is 24.7. The van der Waals surface area contributed by atoms with E-state index in [1.165, 1.54) is 30.3 Å². The molecule has 2 aromatic carbocycles. The van der Waals surface area contributed by atoms with Crippen LogP contribution in [0.2, 0.25) is 0 Å². The standard InChI is InChI=1S/C21H18F3N5O4S/c1-12-18(20-26-19(28-33-20)13-4-3-5-16(10-13)34(25,30)31)17(29(2)27-12)11-32-15-8-6-14(7-9-15)21(22,23)24/h3-10H,11H2,1-2H3,(H2,25,30,31). The molecular formula is C21H18F3N5O4S. The number of hydrogen-bond donors (Lipinski definition) is 1. The van der Waals surface area contributed by atoms with Gasteiger partial charge >= 0.3 is 6.18 Å². The zero-order valence-corrected chi connectivity index (χ0v) is 18.7. The predicted octanol–water partition coefficient (Wildman–Crippen LogP) is 3.69. The lowest BCUT2D eigenvalue weighted by atomic mass is 10.2. The molecule has 4 aromatic rings. The summed E-state index contributed by atoms with van der Waals surface area (Å²) >= 11 is 0. The van der Waals surface area contributed by atoms with Crippen molar-refractivity contribution in [2.45, 2.75) is 24.6 Å². The van der Waals surface area contributed by atoms with E-state index in [0.29, 0.717) is 22.5 Å². The van der Waals surface area contributed by atoms with Gasteiger partial charge in [-0.1, -0.05) is 17.3 Å². The summed E-state index contributed by atoms with van der Waals surface area (Å²) in [6, 6.07) is 10.1. The first kappa shape index (κ1) is 23.4. The van der Waals surface area contributed by atoms with Gasteiger partial charge in [-0.3, -0.25) is 4.68 Å². The molecule has 34 heavy (non-hydrogen) atoms. The second-order valence-corrected chi connectivity index (χ2v) is 8.90. The van der Waals surface area contributed by atoms with Crippen LogP contribution in [-0.2, 0) is 29.9 Å². The molecule has 4 rings (SSSR count). The topological polar surface area (TPSA) is 126 Å². The molecule has 0 spiro atoms. The number of alkyl halides is 3. The lowest BCUT2D eigenvalue weighted by molar-refractivity contribution is -0.137. The number of ether oxygens (including phenoxy) is 1. The Labute approximate surface area is 192 Å². The molecule has 13 heteroatoms. The third kappa shape index (κ3) is 4.79. The molecule has 178 valence electrons. The van der Waals surface area contributed by atoms with Crippen LogP contribution in [0.15, 0.2) is 57.9 Å². The zero-order valence-electron chi connectivity index (χ0n) is 17.9. The molecular weight excluding hydrogens is 475 g/mol. The Hall–Kier alpha value is -3.71. The van der Waals surface area contributed by atoms with Crippen molar-refractivity contribution in [1.29, 1.82) is 0 Å². The monoisotopic (exact) mass is 493 g/mol. The third-order valence-corrected chi connectivity index (χ3v) is 5.87. The van der Waals surface area contributed by atoms with E-state index in [2.05, 4.69) is 15.2 Å². The van der Waals surface area contributed by atoms with E-state index in [4.69, 9.17) is 14.4 Å². The van der Waals surface area contributed by atoms with Crippen LogP contribution < -0.4 is 9.88 Å².